The second kappa shape index (κ2) is 7.92. The number of nitrogens with zero attached hydrogens (tertiary/aromatic N) is 2. The van der Waals surface area contributed by atoms with Crippen LogP contribution in [-0.2, 0) is 21.2 Å². The highest BCUT2D eigenvalue weighted by Gasteiger charge is 2.43. The van der Waals surface area contributed by atoms with Gasteiger partial charge < -0.3 is 4.57 Å². The molecule has 2 rings (SSSR count). The number of halogens is 1. The minimum atomic E-state index is -3.93. The Balaban J connectivity index is 2.36. The predicted octanol–water partition coefficient (Wildman–Crippen LogP) is 1.22. The first-order valence-corrected chi connectivity index (χ1v) is 9.97. The summed E-state index contributed by atoms with van der Waals surface area (Å²) in [5.41, 5.74) is 1.54. The van der Waals surface area contributed by atoms with Crippen molar-refractivity contribution in [2.45, 2.75) is 24.6 Å². The quantitative estimate of drug-likeness (QED) is 0.547. The van der Waals surface area contributed by atoms with Gasteiger partial charge in [0.25, 0.3) is 11.5 Å². The van der Waals surface area contributed by atoms with Crippen LogP contribution in [0.3, 0.4) is 0 Å². The zero-order valence-corrected chi connectivity index (χ0v) is 16.0. The molecule has 0 fully saturated rings. The van der Waals surface area contributed by atoms with Crippen molar-refractivity contribution in [1.82, 2.24) is 10.0 Å². The molecule has 1 aromatic carbocycles. The van der Waals surface area contributed by atoms with Gasteiger partial charge in [-0.3, -0.25) is 14.8 Å². The SMILES string of the molecule is CC(CCn1cc(F)c(-c2ccc(C#N)cc2)cc1=O)(C(=O)NO)S(C)(=O)=O. The summed E-state index contributed by atoms with van der Waals surface area (Å²) in [7, 11) is -3.93. The van der Waals surface area contributed by atoms with E-state index in [1.165, 1.54) is 29.7 Å². The number of carbonyl (C=O) groups is 1. The molecule has 2 aromatic rings. The van der Waals surface area contributed by atoms with Crippen LogP contribution < -0.4 is 11.0 Å². The molecule has 0 saturated heterocycles. The molecule has 8 nitrogen and oxygen atoms in total. The molecule has 0 aliphatic rings. The summed E-state index contributed by atoms with van der Waals surface area (Å²) in [6.07, 6.45) is 1.41. The predicted molar refractivity (Wildman–Crippen MR) is 98.6 cm³/mol. The lowest BCUT2D eigenvalue weighted by Crippen LogP contribution is -2.50. The van der Waals surface area contributed by atoms with E-state index in [4.69, 9.17) is 10.5 Å². The van der Waals surface area contributed by atoms with Gasteiger partial charge in [-0.2, -0.15) is 5.26 Å². The first kappa shape index (κ1) is 21.3. The first-order chi connectivity index (χ1) is 13.0. The maximum Gasteiger partial charge on any atom is 0.264 e. The summed E-state index contributed by atoms with van der Waals surface area (Å²) < 4.78 is 37.4. The van der Waals surface area contributed by atoms with Gasteiger partial charge in [0.1, 0.15) is 5.82 Å². The maximum atomic E-state index is 14.5. The van der Waals surface area contributed by atoms with Gasteiger partial charge in [-0.1, -0.05) is 12.1 Å². The lowest BCUT2D eigenvalue weighted by Gasteiger charge is -2.25. The van der Waals surface area contributed by atoms with Crippen molar-refractivity contribution in [2.75, 3.05) is 6.26 Å². The number of aromatic nitrogens is 1. The van der Waals surface area contributed by atoms with Gasteiger partial charge >= 0.3 is 0 Å². The number of hydrogen-bond donors (Lipinski definition) is 2. The largest absolute Gasteiger partial charge is 0.312 e. The monoisotopic (exact) mass is 407 g/mol. The van der Waals surface area contributed by atoms with Crippen LogP contribution in [-0.4, -0.2) is 35.1 Å². The lowest BCUT2D eigenvalue weighted by molar-refractivity contribution is -0.131. The van der Waals surface area contributed by atoms with E-state index < -0.39 is 31.9 Å². The van der Waals surface area contributed by atoms with E-state index in [9.17, 15) is 22.4 Å². The maximum absolute atomic E-state index is 14.5. The Labute approximate surface area is 160 Å². The van der Waals surface area contributed by atoms with E-state index in [1.54, 1.807) is 0 Å². The fourth-order valence-corrected chi connectivity index (χ4v) is 3.43. The van der Waals surface area contributed by atoms with Crippen LogP contribution in [0.5, 0.6) is 0 Å². The van der Waals surface area contributed by atoms with Crippen molar-refractivity contribution < 1.29 is 22.8 Å². The molecule has 1 aromatic heterocycles. The van der Waals surface area contributed by atoms with Crippen molar-refractivity contribution in [3.63, 3.8) is 0 Å². The molecular formula is C18H18FN3O5S. The Morgan fingerprint density at radius 2 is 1.96 bits per heavy atom. The van der Waals surface area contributed by atoms with Crippen molar-refractivity contribution >= 4 is 15.7 Å². The fourth-order valence-electron chi connectivity index (χ4n) is 2.58. The van der Waals surface area contributed by atoms with Gasteiger partial charge in [0.15, 0.2) is 14.6 Å². The van der Waals surface area contributed by atoms with Gasteiger partial charge in [-0.15, -0.1) is 0 Å². The summed E-state index contributed by atoms with van der Waals surface area (Å²) in [5, 5.41) is 17.6. The molecule has 1 atom stereocenters. The Morgan fingerprint density at radius 1 is 1.36 bits per heavy atom. The molecule has 10 heteroatoms. The lowest BCUT2D eigenvalue weighted by atomic mass is 10.0. The van der Waals surface area contributed by atoms with Crippen molar-refractivity contribution in [2.24, 2.45) is 0 Å². The van der Waals surface area contributed by atoms with E-state index in [0.29, 0.717) is 11.1 Å². The molecule has 2 N–H and O–H groups in total. The smallest absolute Gasteiger partial charge is 0.264 e. The van der Waals surface area contributed by atoms with Gasteiger partial charge in [-0.25, -0.2) is 18.3 Å². The Morgan fingerprint density at radius 3 is 2.46 bits per heavy atom. The molecule has 148 valence electrons. The van der Waals surface area contributed by atoms with Crippen LogP contribution in [0.2, 0.25) is 0 Å². The Hall–Kier alpha value is -3.03. The number of benzene rings is 1. The molecule has 0 radical (unpaired) electrons. The summed E-state index contributed by atoms with van der Waals surface area (Å²) in [4.78, 5) is 24.2. The van der Waals surface area contributed by atoms with Gasteiger partial charge in [0.05, 0.1) is 11.6 Å². The first-order valence-electron chi connectivity index (χ1n) is 8.08. The second-order valence-electron chi connectivity index (χ2n) is 6.45. The molecule has 0 spiro atoms. The molecule has 1 amide bonds. The summed E-state index contributed by atoms with van der Waals surface area (Å²) in [6, 6.07) is 8.99. The minimum absolute atomic E-state index is 0.0321. The summed E-state index contributed by atoms with van der Waals surface area (Å²) in [5.74, 6) is -1.87. The number of nitriles is 1. The molecule has 0 saturated carbocycles. The van der Waals surface area contributed by atoms with Crippen LogP contribution >= 0.6 is 0 Å². The van der Waals surface area contributed by atoms with E-state index in [0.717, 1.165) is 30.0 Å². The van der Waals surface area contributed by atoms with Gasteiger partial charge in [0.2, 0.25) is 0 Å². The number of aryl methyl sites for hydroxylation is 1. The average molecular weight is 407 g/mol. The molecule has 0 aliphatic heterocycles. The normalized spacial score (nSPS) is 13.4. The van der Waals surface area contributed by atoms with Gasteiger partial charge in [0, 0.05) is 30.6 Å². The van der Waals surface area contributed by atoms with Crippen LogP contribution in [0.25, 0.3) is 11.1 Å². The summed E-state index contributed by atoms with van der Waals surface area (Å²) in [6.45, 7) is 0.848. The Bertz CT molecular complexity index is 1100. The highest BCUT2D eigenvalue weighted by molar-refractivity contribution is 7.92. The van der Waals surface area contributed by atoms with Crippen LogP contribution in [0.4, 0.5) is 4.39 Å². The molecule has 28 heavy (non-hydrogen) atoms. The number of hydrogen-bond acceptors (Lipinski definition) is 6. The number of sulfone groups is 1. The van der Waals surface area contributed by atoms with Crippen molar-refractivity contribution in [3.05, 3.63) is 58.3 Å². The highest BCUT2D eigenvalue weighted by Crippen LogP contribution is 2.24. The number of pyridine rings is 1. The third-order valence-corrected chi connectivity index (χ3v) is 6.66. The average Bonchev–Trinajstić information content (AvgIpc) is 2.66. The minimum Gasteiger partial charge on any atom is -0.312 e. The molecule has 0 aliphatic carbocycles. The third-order valence-electron chi connectivity index (χ3n) is 4.63. The van der Waals surface area contributed by atoms with E-state index >= 15 is 0 Å². The second-order valence-corrected chi connectivity index (χ2v) is 8.90. The fraction of sp³-hybridized carbons (Fsp3) is 0.278. The van der Waals surface area contributed by atoms with Crippen molar-refractivity contribution in [1.29, 1.82) is 5.26 Å². The van der Waals surface area contributed by atoms with Crippen LogP contribution in [0.1, 0.15) is 18.9 Å². The number of amides is 1. The number of carbonyl (C=O) groups excluding carboxylic acids is 1. The summed E-state index contributed by atoms with van der Waals surface area (Å²) >= 11 is 0. The Kier molecular flexibility index (Phi) is 6.01. The van der Waals surface area contributed by atoms with E-state index in [-0.39, 0.29) is 18.5 Å². The molecule has 1 unspecified atom stereocenters. The van der Waals surface area contributed by atoms with Crippen LogP contribution in [0, 0.1) is 17.1 Å². The van der Waals surface area contributed by atoms with E-state index in [2.05, 4.69) is 0 Å². The topological polar surface area (TPSA) is 129 Å². The van der Waals surface area contributed by atoms with Crippen molar-refractivity contribution in [3.8, 4) is 17.2 Å². The number of rotatable bonds is 6. The number of nitrogens with one attached hydrogen (secondary N) is 1. The van der Waals surface area contributed by atoms with E-state index in [1.807, 2.05) is 6.07 Å². The highest BCUT2D eigenvalue weighted by atomic mass is 32.2. The molecular weight excluding hydrogens is 389 g/mol. The zero-order valence-electron chi connectivity index (χ0n) is 15.1. The standard InChI is InChI=1S/C18H18FN3O5S/c1-18(17(24)21-25,28(2,26)27)7-8-22-11-15(19)14(9-16(22)23)13-5-3-12(10-20)4-6-13/h3-6,9,11,25H,7-8H2,1-2H3,(H,21,24). The van der Waals surface area contributed by atoms with Crippen LogP contribution in [0.15, 0.2) is 41.3 Å². The molecule has 1 heterocycles. The zero-order chi connectivity index (χ0) is 21.1. The van der Waals surface area contributed by atoms with Gasteiger partial charge in [-0.05, 0) is 31.0 Å². The third kappa shape index (κ3) is 4.11. The molecule has 0 bridgehead atoms. The number of hydroxylamine groups is 1.